The lowest BCUT2D eigenvalue weighted by Crippen LogP contribution is -2.55. The molecule has 0 N–H and O–H groups in total. The second-order valence-corrected chi connectivity index (χ2v) is 21.8. The van der Waals surface area contributed by atoms with Gasteiger partial charge in [0.05, 0.1) is 17.1 Å². The summed E-state index contributed by atoms with van der Waals surface area (Å²) in [7, 11) is 0. The summed E-state index contributed by atoms with van der Waals surface area (Å²) in [5.41, 5.74) is 20.0. The van der Waals surface area contributed by atoms with E-state index in [0.29, 0.717) is 0 Å². The first-order chi connectivity index (χ1) is 33.4. The number of para-hydroxylation sites is 1. The molecule has 0 aromatic heterocycles. The zero-order chi connectivity index (χ0) is 45.0. The van der Waals surface area contributed by atoms with E-state index < -0.39 is 0 Å². The van der Waals surface area contributed by atoms with Gasteiger partial charge in [-0.1, -0.05) is 147 Å². The zero-order valence-electron chi connectivity index (χ0n) is 39.1. The molecule has 0 radical (unpaired) electrons. The van der Waals surface area contributed by atoms with E-state index in [4.69, 9.17) is 0 Å². The lowest BCUT2D eigenvalue weighted by molar-refractivity contribution is -0.0399. The van der Waals surface area contributed by atoms with Crippen LogP contribution in [-0.4, -0.2) is 0 Å². The quantitative estimate of drug-likeness (QED) is 0.154. The summed E-state index contributed by atoms with van der Waals surface area (Å²) >= 11 is 0. The smallest absolute Gasteiger partial charge is 0.0540 e. The number of benzene rings is 10. The SMILES string of the molecule is Cc1cccc(N(c2ccc3c(c2)-c2ccccc2C32C3CC4CC(C3)CC2C4)c2ccc3ccc4c(N(c5ccccc5)c5cccc6c5C(C)(C)c5ccccc5-6)ccc5ccc2c3c54)c1. The van der Waals surface area contributed by atoms with Crippen LogP contribution >= 0.6 is 0 Å². The van der Waals surface area contributed by atoms with Gasteiger partial charge in [-0.3, -0.25) is 0 Å². The summed E-state index contributed by atoms with van der Waals surface area (Å²) in [6.07, 6.45) is 7.05. The highest BCUT2D eigenvalue weighted by atomic mass is 15.2. The number of anilines is 6. The Morgan fingerprint density at radius 1 is 0.397 bits per heavy atom. The largest absolute Gasteiger partial charge is 0.310 e. The van der Waals surface area contributed by atoms with Crippen LogP contribution in [0.25, 0.3) is 54.6 Å². The molecule has 4 fully saturated rings. The summed E-state index contributed by atoms with van der Waals surface area (Å²) in [5.74, 6) is 3.33. The first kappa shape index (κ1) is 38.9. The van der Waals surface area contributed by atoms with E-state index in [9.17, 15) is 0 Å². The Hall–Kier alpha value is -7.16. The molecular formula is C66H54N2. The number of aryl methyl sites for hydroxylation is 1. The summed E-state index contributed by atoms with van der Waals surface area (Å²) in [6.45, 7) is 7.02. The Morgan fingerprint density at radius 3 is 1.63 bits per heavy atom. The predicted octanol–water partition coefficient (Wildman–Crippen LogP) is 17.9. The van der Waals surface area contributed by atoms with Crippen molar-refractivity contribution in [3.8, 4) is 22.3 Å². The molecule has 1 spiro atoms. The highest BCUT2D eigenvalue weighted by molar-refractivity contribution is 6.28. The summed E-state index contributed by atoms with van der Waals surface area (Å²) < 4.78 is 0. The number of nitrogens with zero attached hydrogens (tertiary/aromatic N) is 2. The van der Waals surface area contributed by atoms with Crippen LogP contribution in [0.4, 0.5) is 34.1 Å². The fraction of sp³-hybridized carbons (Fsp3) is 0.212. The lowest BCUT2D eigenvalue weighted by Gasteiger charge is -2.61. The molecule has 68 heavy (non-hydrogen) atoms. The van der Waals surface area contributed by atoms with Gasteiger partial charge in [0.15, 0.2) is 0 Å². The molecule has 6 aliphatic rings. The summed E-state index contributed by atoms with van der Waals surface area (Å²) in [6, 6.07) is 72.2. The molecule has 10 aromatic carbocycles. The Balaban J connectivity index is 0.942. The first-order valence-corrected chi connectivity index (χ1v) is 25.3. The van der Waals surface area contributed by atoms with Crippen LogP contribution in [0.15, 0.2) is 188 Å². The number of hydrogen-bond acceptors (Lipinski definition) is 2. The van der Waals surface area contributed by atoms with Crippen molar-refractivity contribution in [3.63, 3.8) is 0 Å². The predicted molar refractivity (Wildman–Crippen MR) is 285 cm³/mol. The van der Waals surface area contributed by atoms with Crippen LogP contribution in [0.1, 0.15) is 73.8 Å². The van der Waals surface area contributed by atoms with Crippen molar-refractivity contribution >= 4 is 66.4 Å². The first-order valence-electron chi connectivity index (χ1n) is 25.3. The van der Waals surface area contributed by atoms with E-state index in [2.05, 4.69) is 219 Å². The second-order valence-electron chi connectivity index (χ2n) is 21.8. The summed E-state index contributed by atoms with van der Waals surface area (Å²) in [4.78, 5) is 5.10. The van der Waals surface area contributed by atoms with Crippen molar-refractivity contribution in [2.45, 2.75) is 63.7 Å². The molecule has 16 rings (SSSR count). The Kier molecular flexibility index (Phi) is 7.98. The Morgan fingerprint density at radius 2 is 0.941 bits per heavy atom. The van der Waals surface area contributed by atoms with E-state index in [0.717, 1.165) is 29.4 Å². The molecule has 0 unspecified atom stereocenters. The maximum atomic E-state index is 2.58. The fourth-order valence-electron chi connectivity index (χ4n) is 15.6. The van der Waals surface area contributed by atoms with Crippen molar-refractivity contribution in [1.82, 2.24) is 0 Å². The van der Waals surface area contributed by atoms with Gasteiger partial charge in [-0.2, -0.15) is 0 Å². The van der Waals surface area contributed by atoms with Crippen molar-refractivity contribution < 1.29 is 0 Å². The molecule has 2 nitrogen and oxygen atoms in total. The Bertz CT molecular complexity index is 3680. The minimum absolute atomic E-state index is 0.143. The second kappa shape index (κ2) is 14.0. The van der Waals surface area contributed by atoms with E-state index in [-0.39, 0.29) is 10.8 Å². The van der Waals surface area contributed by atoms with Crippen molar-refractivity contribution in [1.29, 1.82) is 0 Å². The normalized spacial score (nSPS) is 22.2. The van der Waals surface area contributed by atoms with Crippen LogP contribution in [0, 0.1) is 30.6 Å². The Labute approximate surface area is 399 Å². The number of hydrogen-bond donors (Lipinski definition) is 0. The highest BCUT2D eigenvalue weighted by Crippen LogP contribution is 2.69. The van der Waals surface area contributed by atoms with Gasteiger partial charge >= 0.3 is 0 Å². The number of fused-ring (bicyclic) bond motifs is 6. The van der Waals surface area contributed by atoms with E-state index in [1.807, 2.05) is 0 Å². The molecule has 4 saturated carbocycles. The maximum absolute atomic E-state index is 2.58. The van der Waals surface area contributed by atoms with Gasteiger partial charge in [0.2, 0.25) is 0 Å². The van der Waals surface area contributed by atoms with Gasteiger partial charge in [-0.05, 0) is 189 Å². The fourth-order valence-corrected chi connectivity index (χ4v) is 15.6. The van der Waals surface area contributed by atoms with Crippen LogP contribution in [0.2, 0.25) is 0 Å². The van der Waals surface area contributed by atoms with Gasteiger partial charge in [0, 0.05) is 38.7 Å². The minimum Gasteiger partial charge on any atom is -0.310 e. The van der Waals surface area contributed by atoms with Crippen molar-refractivity contribution in [3.05, 3.63) is 216 Å². The molecule has 10 aromatic rings. The zero-order valence-corrected chi connectivity index (χ0v) is 39.1. The molecule has 0 atom stereocenters. The molecule has 6 aliphatic carbocycles. The molecule has 2 heteroatoms. The van der Waals surface area contributed by atoms with Crippen LogP contribution in [0.3, 0.4) is 0 Å². The molecule has 0 amide bonds. The third kappa shape index (κ3) is 5.13. The van der Waals surface area contributed by atoms with Crippen molar-refractivity contribution in [2.24, 2.45) is 23.7 Å². The van der Waals surface area contributed by atoms with Crippen LogP contribution in [-0.2, 0) is 10.8 Å². The lowest BCUT2D eigenvalue weighted by atomic mass is 9.43. The molecule has 0 heterocycles. The van der Waals surface area contributed by atoms with E-state index in [1.165, 1.54) is 132 Å². The molecule has 0 saturated heterocycles. The number of rotatable bonds is 6. The molecular weight excluding hydrogens is 821 g/mol. The molecule has 0 aliphatic heterocycles. The minimum atomic E-state index is -0.177. The average Bonchev–Trinajstić information content (AvgIpc) is 3.79. The van der Waals surface area contributed by atoms with E-state index in [1.54, 1.807) is 11.1 Å². The monoisotopic (exact) mass is 874 g/mol. The third-order valence-corrected chi connectivity index (χ3v) is 18.0. The van der Waals surface area contributed by atoms with Gasteiger partial charge in [0.1, 0.15) is 0 Å². The highest BCUT2D eigenvalue weighted by Gasteiger charge is 2.61. The standard InChI is InChI=1S/C66H54N2/c1-40-13-11-16-48(33-40)67(49-27-30-58-55(39-49)51-18-8-10-21-57(51)66(58)45-35-41-34-42(37-45)38-46(66)36-41)59-31-25-43-24-29-54-60(32-26-44-23-28-53(59)62(43)63(44)54)68(47-14-5-4-6-15-47)61-22-12-19-52-50-17-7-9-20-56(50)65(2,3)64(52)61/h4-33,39,41-42,45-46H,34-38H2,1-3H3. The van der Waals surface area contributed by atoms with Crippen LogP contribution < -0.4 is 9.80 Å². The van der Waals surface area contributed by atoms with Gasteiger partial charge < -0.3 is 9.80 Å². The topological polar surface area (TPSA) is 6.48 Å². The van der Waals surface area contributed by atoms with E-state index >= 15 is 0 Å². The summed E-state index contributed by atoms with van der Waals surface area (Å²) in [5, 5.41) is 7.67. The van der Waals surface area contributed by atoms with Gasteiger partial charge in [-0.25, -0.2) is 0 Å². The molecule has 4 bridgehead atoms. The van der Waals surface area contributed by atoms with Gasteiger partial charge in [0.25, 0.3) is 0 Å². The van der Waals surface area contributed by atoms with Crippen molar-refractivity contribution in [2.75, 3.05) is 9.80 Å². The maximum Gasteiger partial charge on any atom is 0.0540 e. The third-order valence-electron chi connectivity index (χ3n) is 18.0. The van der Waals surface area contributed by atoms with Crippen LogP contribution in [0.5, 0.6) is 0 Å². The average molecular weight is 875 g/mol. The van der Waals surface area contributed by atoms with Gasteiger partial charge in [-0.15, -0.1) is 0 Å². The molecule has 328 valence electrons.